The fourth-order valence-corrected chi connectivity index (χ4v) is 1.80. The Bertz CT molecular complexity index is 110. The van der Waals surface area contributed by atoms with Gasteiger partial charge in [-0.3, -0.25) is 0 Å². The molecule has 0 heterocycles. The van der Waals surface area contributed by atoms with Gasteiger partial charge in [-0.1, -0.05) is 18.6 Å². The molecule has 0 nitrogen and oxygen atoms in total. The molecule has 0 saturated heterocycles. The third kappa shape index (κ3) is 2.78. The van der Waals surface area contributed by atoms with E-state index in [4.69, 9.17) is 0 Å². The van der Waals surface area contributed by atoms with Gasteiger partial charge in [0.15, 0.2) is 0 Å². The van der Waals surface area contributed by atoms with Crippen molar-refractivity contribution in [2.24, 2.45) is 0 Å². The van der Waals surface area contributed by atoms with E-state index < -0.39 is 0 Å². The second-order valence-electron chi connectivity index (χ2n) is 2.79. The zero-order valence-electron chi connectivity index (χ0n) is 6.73. The largest absolute Gasteiger partial charge is 0.158 e. The predicted molar refractivity (Wildman–Crippen MR) is 49.6 cm³/mol. The van der Waals surface area contributed by atoms with Gasteiger partial charge in [0.2, 0.25) is 0 Å². The van der Waals surface area contributed by atoms with Gasteiger partial charge < -0.3 is 0 Å². The second-order valence-corrected chi connectivity index (χ2v) is 3.94. The Hall–Kier alpha value is 0.0900. The number of rotatable bonds is 4. The van der Waals surface area contributed by atoms with Crippen molar-refractivity contribution >= 4 is 11.8 Å². The summed E-state index contributed by atoms with van der Waals surface area (Å²) in [6.45, 7) is 2.24. The predicted octanol–water partition coefficient (Wildman–Crippen LogP) is 3.24. The summed E-state index contributed by atoms with van der Waals surface area (Å²) < 4.78 is 0. The lowest BCUT2D eigenvalue weighted by Gasteiger charge is -2.15. The maximum atomic E-state index is 2.42. The van der Waals surface area contributed by atoms with Gasteiger partial charge in [0.25, 0.3) is 0 Å². The van der Waals surface area contributed by atoms with E-state index in [1.165, 1.54) is 37.2 Å². The molecular weight excluding hydrogens is 140 g/mol. The molecule has 0 aromatic carbocycles. The third-order valence-corrected chi connectivity index (χ3v) is 2.93. The molecule has 0 bridgehead atoms. The van der Waals surface area contributed by atoms with Gasteiger partial charge in [0.05, 0.1) is 0 Å². The average Bonchev–Trinajstić information content (AvgIpc) is 1.84. The van der Waals surface area contributed by atoms with Crippen LogP contribution in [0.4, 0.5) is 0 Å². The lowest BCUT2D eigenvalue weighted by atomic mass is 9.93. The lowest BCUT2D eigenvalue weighted by Crippen LogP contribution is -1.96. The van der Waals surface area contributed by atoms with Gasteiger partial charge in [0, 0.05) is 5.75 Å². The summed E-state index contributed by atoms with van der Waals surface area (Å²) in [5.41, 5.74) is 1.70. The second kappa shape index (κ2) is 4.84. The van der Waals surface area contributed by atoms with Crippen LogP contribution in [0.15, 0.2) is 11.6 Å². The van der Waals surface area contributed by atoms with Gasteiger partial charge in [-0.05, 0) is 31.4 Å². The number of thioether (sulfide) groups is 1. The minimum absolute atomic E-state index is 1.25. The highest BCUT2D eigenvalue weighted by Crippen LogP contribution is 2.25. The molecule has 0 unspecified atom stereocenters. The highest BCUT2D eigenvalue weighted by molar-refractivity contribution is 7.99. The molecule has 1 heteroatoms. The van der Waals surface area contributed by atoms with Gasteiger partial charge >= 0.3 is 0 Å². The van der Waals surface area contributed by atoms with E-state index in [1.807, 2.05) is 0 Å². The summed E-state index contributed by atoms with van der Waals surface area (Å²) in [5, 5.41) is 0. The first-order chi connectivity index (χ1) is 4.93. The normalized spacial score (nSPS) is 16.7. The molecule has 1 aliphatic carbocycles. The van der Waals surface area contributed by atoms with Crippen LogP contribution in [0.1, 0.15) is 32.6 Å². The van der Waals surface area contributed by atoms with Crippen LogP contribution in [-0.4, -0.2) is 11.5 Å². The summed E-state index contributed by atoms with van der Waals surface area (Å²) in [6, 6.07) is 0. The average molecular weight is 156 g/mol. The van der Waals surface area contributed by atoms with Crippen molar-refractivity contribution in [3.63, 3.8) is 0 Å². The molecule has 1 rings (SSSR count). The topological polar surface area (TPSA) is 0 Å². The van der Waals surface area contributed by atoms with Crippen LogP contribution >= 0.6 is 11.8 Å². The maximum Gasteiger partial charge on any atom is 0.0115 e. The molecule has 1 fully saturated rings. The first kappa shape index (κ1) is 8.19. The quantitative estimate of drug-likeness (QED) is 0.445. The number of hydrogen-bond donors (Lipinski definition) is 0. The standard InChI is InChI=1S/C9H16S/c1-2-7-10-8-6-9-4-3-5-9/h6H,2-5,7-8H2,1H3. The van der Waals surface area contributed by atoms with E-state index in [2.05, 4.69) is 24.8 Å². The maximum absolute atomic E-state index is 2.42. The number of allylic oxidation sites excluding steroid dienone is 1. The van der Waals surface area contributed by atoms with Crippen LogP contribution in [0.25, 0.3) is 0 Å². The molecule has 1 saturated carbocycles. The lowest BCUT2D eigenvalue weighted by molar-refractivity contribution is 0.661. The van der Waals surface area contributed by atoms with Crippen molar-refractivity contribution in [1.29, 1.82) is 0 Å². The molecular formula is C9H16S. The summed E-state index contributed by atoms with van der Waals surface area (Å²) in [5.74, 6) is 2.58. The van der Waals surface area contributed by atoms with Crippen LogP contribution in [0.3, 0.4) is 0 Å². The van der Waals surface area contributed by atoms with Gasteiger partial charge in [-0.15, -0.1) is 0 Å². The molecule has 0 spiro atoms. The van der Waals surface area contributed by atoms with Gasteiger partial charge in [-0.2, -0.15) is 11.8 Å². The Morgan fingerprint density at radius 2 is 2.30 bits per heavy atom. The molecule has 58 valence electrons. The molecule has 0 aromatic heterocycles. The number of hydrogen-bond acceptors (Lipinski definition) is 1. The molecule has 0 aromatic rings. The Morgan fingerprint density at radius 3 is 2.80 bits per heavy atom. The van der Waals surface area contributed by atoms with E-state index in [0.29, 0.717) is 0 Å². The smallest absolute Gasteiger partial charge is 0.0115 e. The minimum atomic E-state index is 1.25. The summed E-state index contributed by atoms with van der Waals surface area (Å²) in [6.07, 6.45) is 7.93. The van der Waals surface area contributed by atoms with Crippen LogP contribution in [0.5, 0.6) is 0 Å². The summed E-state index contributed by atoms with van der Waals surface area (Å²) >= 11 is 2.05. The monoisotopic (exact) mass is 156 g/mol. The fourth-order valence-electron chi connectivity index (χ4n) is 0.989. The molecule has 1 aliphatic rings. The van der Waals surface area contributed by atoms with Crippen LogP contribution in [-0.2, 0) is 0 Å². The summed E-state index contributed by atoms with van der Waals surface area (Å²) in [7, 11) is 0. The van der Waals surface area contributed by atoms with Crippen LogP contribution in [0, 0.1) is 0 Å². The van der Waals surface area contributed by atoms with Crippen LogP contribution < -0.4 is 0 Å². The molecule has 0 aliphatic heterocycles. The van der Waals surface area contributed by atoms with E-state index in [9.17, 15) is 0 Å². The third-order valence-electron chi connectivity index (χ3n) is 1.83. The zero-order chi connectivity index (χ0) is 7.23. The highest BCUT2D eigenvalue weighted by Gasteiger charge is 2.06. The van der Waals surface area contributed by atoms with E-state index in [-0.39, 0.29) is 0 Å². The molecule has 0 N–H and O–H groups in total. The minimum Gasteiger partial charge on any atom is -0.158 e. The highest BCUT2D eigenvalue weighted by atomic mass is 32.2. The SMILES string of the molecule is CCCSCC=C1CCC1. The molecule has 0 amide bonds. The van der Waals surface area contributed by atoms with Gasteiger partial charge in [-0.25, -0.2) is 0 Å². The Labute approximate surface area is 68.1 Å². The molecule has 10 heavy (non-hydrogen) atoms. The zero-order valence-corrected chi connectivity index (χ0v) is 7.54. The first-order valence-corrected chi connectivity index (χ1v) is 5.34. The Morgan fingerprint density at radius 1 is 1.50 bits per heavy atom. The van der Waals surface area contributed by atoms with E-state index in [1.54, 1.807) is 5.57 Å². The van der Waals surface area contributed by atoms with Gasteiger partial charge in [0.1, 0.15) is 0 Å². The van der Waals surface area contributed by atoms with Crippen molar-refractivity contribution in [2.75, 3.05) is 11.5 Å². The van der Waals surface area contributed by atoms with Crippen molar-refractivity contribution in [3.05, 3.63) is 11.6 Å². The Kier molecular flexibility index (Phi) is 3.96. The fraction of sp³-hybridized carbons (Fsp3) is 0.778. The van der Waals surface area contributed by atoms with E-state index >= 15 is 0 Å². The van der Waals surface area contributed by atoms with Crippen molar-refractivity contribution in [1.82, 2.24) is 0 Å². The molecule has 0 atom stereocenters. The first-order valence-electron chi connectivity index (χ1n) is 4.19. The van der Waals surface area contributed by atoms with Crippen molar-refractivity contribution in [3.8, 4) is 0 Å². The summed E-state index contributed by atoms with van der Waals surface area (Å²) in [4.78, 5) is 0. The van der Waals surface area contributed by atoms with Crippen molar-refractivity contribution < 1.29 is 0 Å². The Balaban J connectivity index is 1.93. The van der Waals surface area contributed by atoms with E-state index in [0.717, 1.165) is 0 Å². The van der Waals surface area contributed by atoms with Crippen molar-refractivity contribution in [2.45, 2.75) is 32.6 Å². The molecule has 0 radical (unpaired) electrons. The van der Waals surface area contributed by atoms with Crippen LogP contribution in [0.2, 0.25) is 0 Å².